The fourth-order valence-electron chi connectivity index (χ4n) is 1.98. The molecule has 0 radical (unpaired) electrons. The van der Waals surface area contributed by atoms with Crippen molar-refractivity contribution in [3.8, 4) is 0 Å². The number of halogens is 1. The molecule has 0 bridgehead atoms. The van der Waals surface area contributed by atoms with E-state index in [2.05, 4.69) is 37.7 Å². The molecule has 0 amide bonds. The maximum Gasteiger partial charge on any atom is 0.0870 e. The average Bonchev–Trinajstić information content (AvgIpc) is 2.64. The summed E-state index contributed by atoms with van der Waals surface area (Å²) in [5.41, 5.74) is 7.66. The maximum atomic E-state index is 6.42. The zero-order valence-electron chi connectivity index (χ0n) is 12.1. The third kappa shape index (κ3) is 4.16. The van der Waals surface area contributed by atoms with Crippen LogP contribution in [0.25, 0.3) is 0 Å². The van der Waals surface area contributed by atoms with E-state index in [4.69, 9.17) is 29.6 Å². The Morgan fingerprint density at radius 1 is 1.47 bits per heavy atom. The molecule has 0 aliphatic rings. The van der Waals surface area contributed by atoms with E-state index in [1.54, 1.807) is 0 Å². The van der Waals surface area contributed by atoms with Crippen molar-refractivity contribution in [1.29, 1.82) is 0 Å². The Hall–Kier alpha value is -0.650. The molecule has 0 aromatic carbocycles. The van der Waals surface area contributed by atoms with Crippen molar-refractivity contribution in [3.05, 3.63) is 16.4 Å². The third-order valence-electron chi connectivity index (χ3n) is 3.14. The second-order valence-corrected chi connectivity index (χ2v) is 5.74. The Kier molecular flexibility index (Phi) is 6.23. The standard InChI is InChI=1S/C13H23ClN4S/c1-5-10-13(14)11(18(6-2)16-10)7-17(9(3)4)8-12(15)19/h9H,5-8H2,1-4H3,(H2,15,19). The molecule has 1 heterocycles. The lowest BCUT2D eigenvalue weighted by Crippen LogP contribution is -2.37. The van der Waals surface area contributed by atoms with Crippen molar-refractivity contribution in [1.82, 2.24) is 14.7 Å². The van der Waals surface area contributed by atoms with Crippen molar-refractivity contribution < 1.29 is 0 Å². The Morgan fingerprint density at radius 2 is 2.11 bits per heavy atom. The van der Waals surface area contributed by atoms with E-state index in [1.807, 2.05) is 4.68 Å². The summed E-state index contributed by atoms with van der Waals surface area (Å²) in [5.74, 6) is 0. The van der Waals surface area contributed by atoms with Crippen LogP contribution >= 0.6 is 23.8 Å². The number of hydrogen-bond acceptors (Lipinski definition) is 3. The van der Waals surface area contributed by atoms with E-state index >= 15 is 0 Å². The second-order valence-electron chi connectivity index (χ2n) is 4.84. The lowest BCUT2D eigenvalue weighted by Gasteiger charge is -2.26. The summed E-state index contributed by atoms with van der Waals surface area (Å²) in [4.78, 5) is 2.71. The van der Waals surface area contributed by atoms with E-state index < -0.39 is 0 Å². The van der Waals surface area contributed by atoms with Gasteiger partial charge in [-0.15, -0.1) is 0 Å². The van der Waals surface area contributed by atoms with Crippen LogP contribution in [0.5, 0.6) is 0 Å². The van der Waals surface area contributed by atoms with Crippen molar-refractivity contribution in [2.24, 2.45) is 5.73 Å². The molecule has 0 spiro atoms. The van der Waals surface area contributed by atoms with E-state index in [-0.39, 0.29) is 0 Å². The lowest BCUT2D eigenvalue weighted by atomic mass is 10.2. The number of rotatable bonds is 7. The SMILES string of the molecule is CCc1nn(CC)c(CN(CC(N)=S)C(C)C)c1Cl. The summed E-state index contributed by atoms with van der Waals surface area (Å²) in [7, 11) is 0. The second kappa shape index (κ2) is 7.22. The van der Waals surface area contributed by atoms with Crippen molar-refractivity contribution in [2.45, 2.75) is 53.2 Å². The van der Waals surface area contributed by atoms with Crippen LogP contribution in [0, 0.1) is 0 Å². The average molecular weight is 303 g/mol. The summed E-state index contributed by atoms with van der Waals surface area (Å²) in [6.45, 7) is 10.5. The minimum atomic E-state index is 0.350. The van der Waals surface area contributed by atoms with E-state index in [0.717, 1.165) is 29.4 Å². The minimum Gasteiger partial charge on any atom is -0.392 e. The van der Waals surface area contributed by atoms with Gasteiger partial charge in [-0.3, -0.25) is 9.58 Å². The number of nitrogens with two attached hydrogens (primary N) is 1. The highest BCUT2D eigenvalue weighted by atomic mass is 35.5. The summed E-state index contributed by atoms with van der Waals surface area (Å²) < 4.78 is 1.97. The molecule has 1 rings (SSSR count). The zero-order chi connectivity index (χ0) is 14.6. The number of hydrogen-bond donors (Lipinski definition) is 1. The van der Waals surface area contributed by atoms with Gasteiger partial charge in [-0.2, -0.15) is 5.10 Å². The van der Waals surface area contributed by atoms with Crippen molar-refractivity contribution in [3.63, 3.8) is 0 Å². The van der Waals surface area contributed by atoms with Gasteiger partial charge in [0.15, 0.2) is 0 Å². The molecule has 0 aliphatic heterocycles. The monoisotopic (exact) mass is 302 g/mol. The molecule has 0 saturated carbocycles. The Morgan fingerprint density at radius 3 is 2.53 bits per heavy atom. The predicted molar refractivity (Wildman–Crippen MR) is 84.6 cm³/mol. The third-order valence-corrected chi connectivity index (χ3v) is 3.70. The fraction of sp³-hybridized carbons (Fsp3) is 0.692. The van der Waals surface area contributed by atoms with Gasteiger partial charge < -0.3 is 5.73 Å². The van der Waals surface area contributed by atoms with Gasteiger partial charge in [0.25, 0.3) is 0 Å². The summed E-state index contributed by atoms with van der Waals surface area (Å²) in [5, 5.41) is 5.31. The van der Waals surface area contributed by atoms with Crippen LogP contribution in [0.4, 0.5) is 0 Å². The highest BCUT2D eigenvalue weighted by Gasteiger charge is 2.19. The van der Waals surface area contributed by atoms with Crippen LogP contribution in [-0.2, 0) is 19.5 Å². The highest BCUT2D eigenvalue weighted by Crippen LogP contribution is 2.23. The van der Waals surface area contributed by atoms with Crippen LogP contribution in [0.2, 0.25) is 5.02 Å². The van der Waals surface area contributed by atoms with Gasteiger partial charge in [-0.25, -0.2) is 0 Å². The molecule has 1 aromatic heterocycles. The quantitative estimate of drug-likeness (QED) is 0.787. The number of thiocarbonyl (C=S) groups is 1. The Bertz CT molecular complexity index is 442. The van der Waals surface area contributed by atoms with Crippen molar-refractivity contribution in [2.75, 3.05) is 6.54 Å². The largest absolute Gasteiger partial charge is 0.392 e. The number of aromatic nitrogens is 2. The number of nitrogens with zero attached hydrogens (tertiary/aromatic N) is 3. The summed E-state index contributed by atoms with van der Waals surface area (Å²) >= 11 is 11.4. The van der Waals surface area contributed by atoms with Crippen molar-refractivity contribution >= 4 is 28.8 Å². The molecular formula is C13H23ClN4S. The molecule has 19 heavy (non-hydrogen) atoms. The summed E-state index contributed by atoms with van der Waals surface area (Å²) in [6.07, 6.45) is 0.843. The van der Waals surface area contributed by atoms with Crippen LogP contribution in [0.15, 0.2) is 0 Å². The molecule has 2 N–H and O–H groups in total. The van der Waals surface area contributed by atoms with Gasteiger partial charge in [-0.1, -0.05) is 30.7 Å². The van der Waals surface area contributed by atoms with Crippen LogP contribution in [-0.4, -0.2) is 32.3 Å². The zero-order valence-corrected chi connectivity index (χ0v) is 13.7. The van der Waals surface area contributed by atoms with Gasteiger partial charge in [0.1, 0.15) is 0 Å². The molecule has 0 aliphatic carbocycles. The molecule has 0 saturated heterocycles. The lowest BCUT2D eigenvalue weighted by molar-refractivity contribution is 0.238. The molecule has 6 heteroatoms. The van der Waals surface area contributed by atoms with E-state index in [0.29, 0.717) is 24.1 Å². The first-order valence-electron chi connectivity index (χ1n) is 6.67. The maximum absolute atomic E-state index is 6.42. The van der Waals surface area contributed by atoms with Gasteiger partial charge in [0, 0.05) is 25.7 Å². The van der Waals surface area contributed by atoms with Gasteiger partial charge in [0.05, 0.1) is 21.4 Å². The Labute approximate surface area is 125 Å². The molecular weight excluding hydrogens is 280 g/mol. The van der Waals surface area contributed by atoms with Gasteiger partial charge >= 0.3 is 0 Å². The Balaban J connectivity index is 3.01. The summed E-state index contributed by atoms with van der Waals surface area (Å²) in [6, 6.07) is 0.350. The molecule has 0 unspecified atom stereocenters. The smallest absolute Gasteiger partial charge is 0.0870 e. The van der Waals surface area contributed by atoms with Gasteiger partial charge in [0.2, 0.25) is 0 Å². The normalized spacial score (nSPS) is 11.5. The first kappa shape index (κ1) is 16.4. The van der Waals surface area contributed by atoms with Crippen LogP contribution < -0.4 is 5.73 Å². The molecule has 1 aromatic rings. The molecule has 0 fully saturated rings. The highest BCUT2D eigenvalue weighted by molar-refractivity contribution is 7.80. The fourth-order valence-corrected chi connectivity index (χ4v) is 2.48. The molecule has 0 atom stereocenters. The first-order valence-corrected chi connectivity index (χ1v) is 7.45. The topological polar surface area (TPSA) is 47.1 Å². The van der Waals surface area contributed by atoms with E-state index in [9.17, 15) is 0 Å². The van der Waals surface area contributed by atoms with Gasteiger partial charge in [-0.05, 0) is 27.2 Å². The number of aryl methyl sites for hydroxylation is 2. The predicted octanol–water partition coefficient (Wildman–Crippen LogP) is 2.62. The molecule has 4 nitrogen and oxygen atoms in total. The minimum absolute atomic E-state index is 0.350. The van der Waals surface area contributed by atoms with E-state index in [1.165, 1.54) is 0 Å². The van der Waals surface area contributed by atoms with Crippen LogP contribution in [0.1, 0.15) is 39.1 Å². The van der Waals surface area contributed by atoms with Crippen LogP contribution in [0.3, 0.4) is 0 Å². The molecule has 108 valence electrons. The first-order chi connectivity index (χ1) is 8.90.